The molecule has 1 saturated heterocycles. The van der Waals surface area contributed by atoms with Crippen molar-refractivity contribution in [3.63, 3.8) is 0 Å². The standard InChI is InChI=1S/C16H20BrN3O3S3/c1-12(21)18-10-13-3-5-16(25-13)26(22,23)20-8-6-19(7-9-20)11-14-2-4-15(17)24-14/h2-5H,6-11H2,1H3,(H,18,21). The third kappa shape index (κ3) is 4.93. The zero-order valence-electron chi connectivity index (χ0n) is 14.3. The van der Waals surface area contributed by atoms with Crippen LogP contribution in [0.5, 0.6) is 0 Å². The molecule has 1 fully saturated rings. The molecular weight excluding hydrogens is 458 g/mol. The molecule has 1 aliphatic heterocycles. The van der Waals surface area contributed by atoms with Crippen molar-refractivity contribution in [2.75, 3.05) is 26.2 Å². The molecule has 0 saturated carbocycles. The Bertz CT molecular complexity index is 870. The fraction of sp³-hybridized carbons (Fsp3) is 0.438. The van der Waals surface area contributed by atoms with E-state index >= 15 is 0 Å². The highest BCUT2D eigenvalue weighted by molar-refractivity contribution is 9.11. The summed E-state index contributed by atoms with van der Waals surface area (Å²) >= 11 is 6.40. The van der Waals surface area contributed by atoms with Crippen molar-refractivity contribution < 1.29 is 13.2 Å². The van der Waals surface area contributed by atoms with Crippen LogP contribution in [0.2, 0.25) is 0 Å². The van der Waals surface area contributed by atoms with E-state index in [0.717, 1.165) is 28.3 Å². The first-order valence-electron chi connectivity index (χ1n) is 8.14. The smallest absolute Gasteiger partial charge is 0.252 e. The summed E-state index contributed by atoms with van der Waals surface area (Å²) in [6.45, 7) is 5.09. The Kier molecular flexibility index (Phi) is 6.52. The van der Waals surface area contributed by atoms with Gasteiger partial charge in [-0.05, 0) is 40.2 Å². The van der Waals surface area contributed by atoms with Gasteiger partial charge in [0, 0.05) is 49.4 Å². The number of rotatable bonds is 6. The van der Waals surface area contributed by atoms with Crippen LogP contribution in [-0.2, 0) is 27.9 Å². The lowest BCUT2D eigenvalue weighted by atomic mass is 10.3. The van der Waals surface area contributed by atoms with Crippen LogP contribution in [0.3, 0.4) is 0 Å². The maximum atomic E-state index is 12.8. The van der Waals surface area contributed by atoms with Crippen LogP contribution in [0.4, 0.5) is 0 Å². The molecule has 3 rings (SSSR count). The molecule has 0 aromatic carbocycles. The first-order chi connectivity index (χ1) is 12.3. The Hall–Kier alpha value is -0.780. The molecule has 1 N–H and O–H groups in total. The second kappa shape index (κ2) is 8.49. The summed E-state index contributed by atoms with van der Waals surface area (Å²) < 4.78 is 28.7. The molecule has 1 amide bonds. The largest absolute Gasteiger partial charge is 0.351 e. The highest BCUT2D eigenvalue weighted by Crippen LogP contribution is 2.27. The van der Waals surface area contributed by atoms with Gasteiger partial charge >= 0.3 is 0 Å². The minimum absolute atomic E-state index is 0.128. The number of thiophene rings is 2. The lowest BCUT2D eigenvalue weighted by Crippen LogP contribution is -2.47. The van der Waals surface area contributed by atoms with E-state index in [-0.39, 0.29) is 5.91 Å². The lowest BCUT2D eigenvalue weighted by Gasteiger charge is -2.33. The van der Waals surface area contributed by atoms with Crippen LogP contribution in [-0.4, -0.2) is 49.7 Å². The molecule has 1 aliphatic rings. The van der Waals surface area contributed by atoms with Crippen LogP contribution >= 0.6 is 38.6 Å². The summed E-state index contributed by atoms with van der Waals surface area (Å²) in [6.07, 6.45) is 0. The first kappa shape index (κ1) is 20.0. The van der Waals surface area contributed by atoms with E-state index in [1.54, 1.807) is 27.8 Å². The van der Waals surface area contributed by atoms with Gasteiger partial charge in [0.1, 0.15) is 4.21 Å². The van der Waals surface area contributed by atoms with Gasteiger partial charge in [0.25, 0.3) is 10.0 Å². The molecule has 2 aromatic heterocycles. The maximum Gasteiger partial charge on any atom is 0.252 e. The van der Waals surface area contributed by atoms with Crippen LogP contribution in [0.1, 0.15) is 16.7 Å². The summed E-state index contributed by atoms with van der Waals surface area (Å²) in [6, 6.07) is 7.53. The molecule has 26 heavy (non-hydrogen) atoms. The average molecular weight is 478 g/mol. The Balaban J connectivity index is 1.58. The number of nitrogens with one attached hydrogen (secondary N) is 1. The minimum Gasteiger partial charge on any atom is -0.351 e. The van der Waals surface area contributed by atoms with Crippen molar-refractivity contribution in [2.45, 2.75) is 24.2 Å². The lowest BCUT2D eigenvalue weighted by molar-refractivity contribution is -0.119. The molecular formula is C16H20BrN3O3S3. The molecule has 0 spiro atoms. The molecule has 2 aromatic rings. The molecule has 0 atom stereocenters. The third-order valence-electron chi connectivity index (χ3n) is 4.08. The number of halogens is 1. The van der Waals surface area contributed by atoms with E-state index in [1.165, 1.54) is 23.1 Å². The van der Waals surface area contributed by atoms with Crippen molar-refractivity contribution in [3.8, 4) is 0 Å². The SMILES string of the molecule is CC(=O)NCc1ccc(S(=O)(=O)N2CCN(Cc3ccc(Br)s3)CC2)s1. The number of carbonyl (C=O) groups excluding carboxylic acids is 1. The van der Waals surface area contributed by atoms with Crippen LogP contribution in [0.25, 0.3) is 0 Å². The molecule has 0 aliphatic carbocycles. The molecule has 6 nitrogen and oxygen atoms in total. The van der Waals surface area contributed by atoms with Crippen molar-refractivity contribution in [1.29, 1.82) is 0 Å². The number of nitrogens with zero attached hydrogens (tertiary/aromatic N) is 2. The van der Waals surface area contributed by atoms with Crippen LogP contribution in [0.15, 0.2) is 32.3 Å². The van der Waals surface area contributed by atoms with Crippen LogP contribution in [0, 0.1) is 0 Å². The van der Waals surface area contributed by atoms with Crippen molar-refractivity contribution in [2.24, 2.45) is 0 Å². The maximum absolute atomic E-state index is 12.8. The predicted octanol–water partition coefficient (Wildman–Crippen LogP) is 2.71. The number of hydrogen-bond donors (Lipinski definition) is 1. The molecule has 0 bridgehead atoms. The van der Waals surface area contributed by atoms with Crippen molar-refractivity contribution in [1.82, 2.24) is 14.5 Å². The molecule has 10 heteroatoms. The Morgan fingerprint density at radius 1 is 1.12 bits per heavy atom. The van der Waals surface area contributed by atoms with Gasteiger partial charge in [-0.1, -0.05) is 0 Å². The Morgan fingerprint density at radius 3 is 2.42 bits per heavy atom. The van der Waals surface area contributed by atoms with E-state index in [1.807, 2.05) is 6.07 Å². The van der Waals surface area contributed by atoms with Gasteiger partial charge in [0.2, 0.25) is 5.91 Å². The molecule has 3 heterocycles. The fourth-order valence-electron chi connectivity index (χ4n) is 2.72. The van der Waals surface area contributed by atoms with Gasteiger partial charge in [-0.3, -0.25) is 9.69 Å². The number of amides is 1. The second-order valence-electron chi connectivity index (χ2n) is 6.02. The summed E-state index contributed by atoms with van der Waals surface area (Å²) in [7, 11) is -3.46. The third-order valence-corrected chi connectivity index (χ3v) is 9.14. The zero-order valence-corrected chi connectivity index (χ0v) is 18.3. The second-order valence-corrected chi connectivity index (χ2v) is 11.9. The predicted molar refractivity (Wildman–Crippen MR) is 108 cm³/mol. The Morgan fingerprint density at radius 2 is 1.81 bits per heavy atom. The fourth-order valence-corrected chi connectivity index (χ4v) is 7.11. The Labute approximate surface area is 170 Å². The topological polar surface area (TPSA) is 69.7 Å². The monoisotopic (exact) mass is 477 g/mol. The zero-order chi connectivity index (χ0) is 18.7. The van der Waals surface area contributed by atoms with E-state index in [0.29, 0.717) is 23.8 Å². The molecule has 0 unspecified atom stereocenters. The van der Waals surface area contributed by atoms with Gasteiger partial charge in [-0.25, -0.2) is 8.42 Å². The first-order valence-corrected chi connectivity index (χ1v) is 12.0. The quantitative estimate of drug-likeness (QED) is 0.694. The average Bonchev–Trinajstić information content (AvgIpc) is 3.23. The van der Waals surface area contributed by atoms with Crippen molar-refractivity contribution in [3.05, 3.63) is 37.8 Å². The van der Waals surface area contributed by atoms with Gasteiger partial charge in [-0.2, -0.15) is 4.31 Å². The van der Waals surface area contributed by atoms with E-state index in [2.05, 4.69) is 32.2 Å². The van der Waals surface area contributed by atoms with Gasteiger partial charge in [-0.15, -0.1) is 22.7 Å². The number of sulfonamides is 1. The van der Waals surface area contributed by atoms with E-state index in [4.69, 9.17) is 0 Å². The molecule has 142 valence electrons. The van der Waals surface area contributed by atoms with E-state index in [9.17, 15) is 13.2 Å². The summed E-state index contributed by atoms with van der Waals surface area (Å²) in [4.78, 5) is 15.4. The molecule has 0 radical (unpaired) electrons. The van der Waals surface area contributed by atoms with Gasteiger partial charge in [0.05, 0.1) is 10.3 Å². The van der Waals surface area contributed by atoms with Crippen LogP contribution < -0.4 is 5.32 Å². The highest BCUT2D eigenvalue weighted by Gasteiger charge is 2.29. The number of piperazine rings is 1. The number of carbonyl (C=O) groups is 1. The summed E-state index contributed by atoms with van der Waals surface area (Å²) in [5.41, 5.74) is 0. The summed E-state index contributed by atoms with van der Waals surface area (Å²) in [5, 5.41) is 2.69. The normalized spacial score (nSPS) is 16.7. The van der Waals surface area contributed by atoms with Crippen molar-refractivity contribution >= 4 is 54.5 Å². The summed E-state index contributed by atoms with van der Waals surface area (Å²) in [5.74, 6) is -0.128. The van der Waals surface area contributed by atoms with Gasteiger partial charge in [0.15, 0.2) is 0 Å². The number of hydrogen-bond acceptors (Lipinski definition) is 6. The van der Waals surface area contributed by atoms with Gasteiger partial charge < -0.3 is 5.32 Å². The highest BCUT2D eigenvalue weighted by atomic mass is 79.9. The van der Waals surface area contributed by atoms with E-state index < -0.39 is 10.0 Å². The minimum atomic E-state index is -3.46.